The van der Waals surface area contributed by atoms with Gasteiger partial charge in [-0.3, -0.25) is 4.79 Å². The second kappa shape index (κ2) is 6.32. The Kier molecular flexibility index (Phi) is 4.25. The molecule has 0 saturated carbocycles. The van der Waals surface area contributed by atoms with Crippen LogP contribution in [0.3, 0.4) is 0 Å². The Morgan fingerprint density at radius 2 is 1.86 bits per heavy atom. The van der Waals surface area contributed by atoms with E-state index in [2.05, 4.69) is 36.5 Å². The third-order valence-electron chi connectivity index (χ3n) is 3.96. The lowest BCUT2D eigenvalue weighted by Gasteiger charge is -2.14. The van der Waals surface area contributed by atoms with Gasteiger partial charge in [-0.25, -0.2) is 0 Å². The molecule has 1 unspecified atom stereocenters. The molecule has 0 saturated heterocycles. The molecule has 0 aliphatic heterocycles. The van der Waals surface area contributed by atoms with Crippen molar-refractivity contribution in [2.24, 2.45) is 0 Å². The fraction of sp³-hybridized carbons (Fsp3) is 0.211. The predicted octanol–water partition coefficient (Wildman–Crippen LogP) is 4.95. The maximum atomic E-state index is 12.5. The van der Waals surface area contributed by atoms with E-state index in [1.807, 2.05) is 36.6 Å². The lowest BCUT2D eigenvalue weighted by atomic mass is 10.0. The highest BCUT2D eigenvalue weighted by atomic mass is 32.1. The largest absolute Gasteiger partial charge is 0.345 e. The summed E-state index contributed by atoms with van der Waals surface area (Å²) in [5, 5.41) is 6.06. The third kappa shape index (κ3) is 2.90. The summed E-state index contributed by atoms with van der Waals surface area (Å²) in [6, 6.07) is 16.4. The first-order chi connectivity index (χ1) is 10.7. The van der Waals surface area contributed by atoms with Crippen LogP contribution in [0.4, 0.5) is 0 Å². The summed E-state index contributed by atoms with van der Waals surface area (Å²) in [6.45, 7) is 4.16. The summed E-state index contributed by atoms with van der Waals surface area (Å²) in [5.41, 5.74) is 3.20. The number of hydrogen-bond donors (Lipinski definition) is 1. The smallest absolute Gasteiger partial charge is 0.253 e. The van der Waals surface area contributed by atoms with Crippen molar-refractivity contribution in [2.45, 2.75) is 26.3 Å². The van der Waals surface area contributed by atoms with Crippen molar-refractivity contribution in [3.05, 3.63) is 70.6 Å². The molecule has 1 heterocycles. The highest BCUT2D eigenvalue weighted by Gasteiger charge is 2.15. The van der Waals surface area contributed by atoms with Crippen LogP contribution in [0.15, 0.2) is 53.9 Å². The van der Waals surface area contributed by atoms with Crippen molar-refractivity contribution < 1.29 is 4.79 Å². The number of hydrogen-bond acceptors (Lipinski definition) is 2. The van der Waals surface area contributed by atoms with E-state index < -0.39 is 0 Å². The summed E-state index contributed by atoms with van der Waals surface area (Å²) in [7, 11) is 0. The highest BCUT2D eigenvalue weighted by Crippen LogP contribution is 2.26. The summed E-state index contributed by atoms with van der Waals surface area (Å²) in [6.07, 6.45) is 1.03. The zero-order valence-electron chi connectivity index (χ0n) is 12.8. The standard InChI is InChI=1S/C19H19NOS/c1-3-14-8-10-15(11-9-14)13(2)20-19(21)17-12-22-18-7-5-4-6-16(17)18/h4-13H,3H2,1-2H3,(H,20,21). The van der Waals surface area contributed by atoms with Gasteiger partial charge in [0.1, 0.15) is 0 Å². The van der Waals surface area contributed by atoms with E-state index >= 15 is 0 Å². The molecule has 1 N–H and O–H groups in total. The fourth-order valence-corrected chi connectivity index (χ4v) is 3.49. The van der Waals surface area contributed by atoms with Crippen LogP contribution in [0.2, 0.25) is 0 Å². The topological polar surface area (TPSA) is 29.1 Å². The number of amides is 1. The molecule has 0 aliphatic carbocycles. The van der Waals surface area contributed by atoms with Crippen LogP contribution in [0, 0.1) is 0 Å². The fourth-order valence-electron chi connectivity index (χ4n) is 2.55. The first-order valence-corrected chi connectivity index (χ1v) is 8.43. The number of carbonyl (C=O) groups excluding carboxylic acids is 1. The van der Waals surface area contributed by atoms with Gasteiger partial charge in [-0.1, -0.05) is 49.4 Å². The molecule has 1 amide bonds. The van der Waals surface area contributed by atoms with Crippen LogP contribution in [0.1, 0.15) is 41.4 Å². The van der Waals surface area contributed by atoms with Gasteiger partial charge in [-0.2, -0.15) is 0 Å². The average Bonchev–Trinajstić information content (AvgIpc) is 2.99. The van der Waals surface area contributed by atoms with Crippen molar-refractivity contribution in [2.75, 3.05) is 0 Å². The Bertz CT molecular complexity index is 789. The Morgan fingerprint density at radius 1 is 1.14 bits per heavy atom. The molecule has 112 valence electrons. The number of rotatable bonds is 4. The number of carbonyl (C=O) groups is 1. The van der Waals surface area contributed by atoms with Crippen LogP contribution in [-0.4, -0.2) is 5.91 Å². The maximum Gasteiger partial charge on any atom is 0.253 e. The molecular formula is C19H19NOS. The van der Waals surface area contributed by atoms with E-state index in [0.29, 0.717) is 0 Å². The quantitative estimate of drug-likeness (QED) is 0.725. The van der Waals surface area contributed by atoms with Crippen LogP contribution >= 0.6 is 11.3 Å². The Hall–Kier alpha value is -2.13. The maximum absolute atomic E-state index is 12.5. The molecule has 3 aromatic rings. The van der Waals surface area contributed by atoms with Crippen molar-refractivity contribution in [3.8, 4) is 0 Å². The SMILES string of the molecule is CCc1ccc(C(C)NC(=O)c2csc3ccccc23)cc1. The van der Waals surface area contributed by atoms with E-state index in [0.717, 1.165) is 27.6 Å². The van der Waals surface area contributed by atoms with Gasteiger partial charge in [0.05, 0.1) is 11.6 Å². The summed E-state index contributed by atoms with van der Waals surface area (Å²) < 4.78 is 1.15. The number of aryl methyl sites for hydroxylation is 1. The number of benzene rings is 2. The molecule has 1 atom stereocenters. The van der Waals surface area contributed by atoms with Gasteiger partial charge < -0.3 is 5.32 Å². The van der Waals surface area contributed by atoms with E-state index in [-0.39, 0.29) is 11.9 Å². The molecule has 0 radical (unpaired) electrons. The first-order valence-electron chi connectivity index (χ1n) is 7.55. The zero-order valence-corrected chi connectivity index (χ0v) is 13.6. The first kappa shape index (κ1) is 14.8. The molecular weight excluding hydrogens is 290 g/mol. The molecule has 0 spiro atoms. The minimum absolute atomic E-state index is 0.00271. The normalized spacial score (nSPS) is 12.3. The number of fused-ring (bicyclic) bond motifs is 1. The number of thiophene rings is 1. The molecule has 0 bridgehead atoms. The second-order valence-electron chi connectivity index (χ2n) is 5.44. The van der Waals surface area contributed by atoms with Gasteiger partial charge in [-0.15, -0.1) is 11.3 Å². The highest BCUT2D eigenvalue weighted by molar-refractivity contribution is 7.17. The average molecular weight is 309 g/mol. The Morgan fingerprint density at radius 3 is 2.59 bits per heavy atom. The second-order valence-corrected chi connectivity index (χ2v) is 6.35. The van der Waals surface area contributed by atoms with Gasteiger partial charge in [0.25, 0.3) is 5.91 Å². The van der Waals surface area contributed by atoms with Crippen molar-refractivity contribution in [1.82, 2.24) is 5.32 Å². The van der Waals surface area contributed by atoms with Gasteiger partial charge in [0.15, 0.2) is 0 Å². The van der Waals surface area contributed by atoms with Crippen LogP contribution < -0.4 is 5.32 Å². The minimum atomic E-state index is -0.00971. The van der Waals surface area contributed by atoms with Crippen molar-refractivity contribution >= 4 is 27.3 Å². The van der Waals surface area contributed by atoms with E-state index in [1.165, 1.54) is 5.56 Å². The van der Waals surface area contributed by atoms with Crippen LogP contribution in [-0.2, 0) is 6.42 Å². The van der Waals surface area contributed by atoms with Gasteiger partial charge in [-0.05, 0) is 30.5 Å². The Labute approximate surface area is 134 Å². The van der Waals surface area contributed by atoms with Crippen molar-refractivity contribution in [1.29, 1.82) is 0 Å². The van der Waals surface area contributed by atoms with Crippen LogP contribution in [0.5, 0.6) is 0 Å². The monoisotopic (exact) mass is 309 g/mol. The van der Waals surface area contributed by atoms with Gasteiger partial charge >= 0.3 is 0 Å². The van der Waals surface area contributed by atoms with E-state index in [4.69, 9.17) is 0 Å². The molecule has 0 aliphatic rings. The van der Waals surface area contributed by atoms with E-state index in [9.17, 15) is 4.79 Å². The zero-order chi connectivity index (χ0) is 15.5. The summed E-state index contributed by atoms with van der Waals surface area (Å²) in [5.74, 6) is -0.00971. The molecule has 2 aromatic carbocycles. The molecule has 3 rings (SSSR count). The van der Waals surface area contributed by atoms with Crippen molar-refractivity contribution in [3.63, 3.8) is 0 Å². The Balaban J connectivity index is 1.78. The lowest BCUT2D eigenvalue weighted by Crippen LogP contribution is -2.26. The predicted molar refractivity (Wildman–Crippen MR) is 93.5 cm³/mol. The third-order valence-corrected chi connectivity index (χ3v) is 4.92. The van der Waals surface area contributed by atoms with Gasteiger partial charge in [0.2, 0.25) is 0 Å². The summed E-state index contributed by atoms with van der Waals surface area (Å²) >= 11 is 1.61. The lowest BCUT2D eigenvalue weighted by molar-refractivity contribution is 0.0942. The summed E-state index contributed by atoms with van der Waals surface area (Å²) in [4.78, 5) is 12.5. The molecule has 1 aromatic heterocycles. The van der Waals surface area contributed by atoms with Gasteiger partial charge in [0, 0.05) is 15.5 Å². The molecule has 2 nitrogen and oxygen atoms in total. The molecule has 0 fully saturated rings. The van der Waals surface area contributed by atoms with E-state index in [1.54, 1.807) is 11.3 Å². The number of nitrogens with one attached hydrogen (secondary N) is 1. The minimum Gasteiger partial charge on any atom is -0.345 e. The molecule has 3 heteroatoms. The van der Waals surface area contributed by atoms with Crippen LogP contribution in [0.25, 0.3) is 10.1 Å². The molecule has 22 heavy (non-hydrogen) atoms.